The summed E-state index contributed by atoms with van der Waals surface area (Å²) >= 11 is 0. The van der Waals surface area contributed by atoms with E-state index in [1.54, 1.807) is 36.9 Å². The van der Waals surface area contributed by atoms with Gasteiger partial charge >= 0.3 is 0 Å². The van der Waals surface area contributed by atoms with Gasteiger partial charge in [-0.2, -0.15) is 8.78 Å². The summed E-state index contributed by atoms with van der Waals surface area (Å²) in [5.41, 5.74) is -0.956. The third-order valence-corrected chi connectivity index (χ3v) is 2.68. The maximum Gasteiger partial charge on any atom is 0.285 e. The molecule has 1 aromatic carbocycles. The lowest BCUT2D eigenvalue weighted by atomic mass is 10.1. The Morgan fingerprint density at radius 3 is 2.11 bits per heavy atom. The Bertz CT molecular complexity index is 360. The highest BCUT2D eigenvalue weighted by molar-refractivity contribution is 5.20. The lowest BCUT2D eigenvalue weighted by molar-refractivity contribution is -0.0549. The standard InChI is InChI=1S/C14H21F2NO/c1-4-17(10-13(2,3)18)11-14(15,16)12-8-6-5-7-9-12/h5-9,18H,4,10-11H2,1-3H3. The van der Waals surface area contributed by atoms with E-state index >= 15 is 0 Å². The molecule has 0 bridgehead atoms. The molecule has 0 amide bonds. The molecular weight excluding hydrogens is 236 g/mol. The normalized spacial score (nSPS) is 13.1. The second-order valence-corrected chi connectivity index (χ2v) is 5.19. The third-order valence-electron chi connectivity index (χ3n) is 2.68. The summed E-state index contributed by atoms with van der Waals surface area (Å²) in [4.78, 5) is 1.56. The van der Waals surface area contributed by atoms with Gasteiger partial charge in [0.2, 0.25) is 0 Å². The van der Waals surface area contributed by atoms with Crippen LogP contribution in [0.2, 0.25) is 0 Å². The number of halogens is 2. The SMILES string of the molecule is CCN(CC(C)(C)O)CC(F)(F)c1ccccc1. The van der Waals surface area contributed by atoms with Crippen LogP contribution in [-0.2, 0) is 5.92 Å². The van der Waals surface area contributed by atoms with Crippen molar-refractivity contribution >= 4 is 0 Å². The molecule has 2 nitrogen and oxygen atoms in total. The van der Waals surface area contributed by atoms with Gasteiger partial charge in [-0.25, -0.2) is 0 Å². The van der Waals surface area contributed by atoms with Gasteiger partial charge in [0.05, 0.1) is 12.1 Å². The van der Waals surface area contributed by atoms with Crippen LogP contribution in [0.4, 0.5) is 8.78 Å². The van der Waals surface area contributed by atoms with Gasteiger partial charge in [0.25, 0.3) is 5.92 Å². The average Bonchev–Trinajstić information content (AvgIpc) is 2.27. The van der Waals surface area contributed by atoms with Crippen LogP contribution >= 0.6 is 0 Å². The Morgan fingerprint density at radius 1 is 1.11 bits per heavy atom. The maximum atomic E-state index is 14.0. The van der Waals surface area contributed by atoms with Crippen molar-refractivity contribution in [2.75, 3.05) is 19.6 Å². The molecule has 0 heterocycles. The molecule has 1 N–H and O–H groups in total. The molecule has 102 valence electrons. The van der Waals surface area contributed by atoms with E-state index in [4.69, 9.17) is 0 Å². The topological polar surface area (TPSA) is 23.5 Å². The number of aliphatic hydroxyl groups is 1. The predicted octanol–water partition coefficient (Wildman–Crippen LogP) is 2.87. The Kier molecular flexibility index (Phi) is 4.82. The number of hydrogen-bond donors (Lipinski definition) is 1. The summed E-state index contributed by atoms with van der Waals surface area (Å²) < 4.78 is 28.1. The van der Waals surface area contributed by atoms with Crippen molar-refractivity contribution in [3.8, 4) is 0 Å². The molecule has 0 atom stereocenters. The fourth-order valence-corrected chi connectivity index (χ4v) is 1.88. The van der Waals surface area contributed by atoms with Crippen LogP contribution < -0.4 is 0 Å². The first-order valence-corrected chi connectivity index (χ1v) is 6.13. The number of alkyl halides is 2. The van der Waals surface area contributed by atoms with Crippen molar-refractivity contribution in [2.24, 2.45) is 0 Å². The predicted molar refractivity (Wildman–Crippen MR) is 68.7 cm³/mol. The van der Waals surface area contributed by atoms with Crippen molar-refractivity contribution in [1.82, 2.24) is 4.90 Å². The third kappa shape index (κ3) is 4.70. The number of benzene rings is 1. The molecule has 0 aliphatic heterocycles. The summed E-state index contributed by atoms with van der Waals surface area (Å²) in [5.74, 6) is -2.90. The zero-order valence-electron chi connectivity index (χ0n) is 11.2. The van der Waals surface area contributed by atoms with E-state index in [0.717, 1.165) is 0 Å². The van der Waals surface area contributed by atoms with Gasteiger partial charge < -0.3 is 5.11 Å². The molecule has 1 rings (SSSR count). The Balaban J connectivity index is 2.75. The van der Waals surface area contributed by atoms with E-state index in [9.17, 15) is 13.9 Å². The van der Waals surface area contributed by atoms with E-state index < -0.39 is 11.5 Å². The van der Waals surface area contributed by atoms with E-state index in [1.807, 2.05) is 6.92 Å². The first kappa shape index (κ1) is 15.1. The van der Waals surface area contributed by atoms with Crippen LogP contribution in [0.3, 0.4) is 0 Å². The minimum absolute atomic E-state index is 0.0131. The zero-order valence-corrected chi connectivity index (χ0v) is 11.2. The lowest BCUT2D eigenvalue weighted by Gasteiger charge is -2.31. The molecular formula is C14H21F2NO. The maximum absolute atomic E-state index is 14.0. The Hall–Kier alpha value is -1.00. The van der Waals surface area contributed by atoms with Gasteiger partial charge in [0.15, 0.2) is 0 Å². The zero-order chi connectivity index (χ0) is 13.8. The molecule has 0 spiro atoms. The number of likely N-dealkylation sites (N-methyl/N-ethyl adjacent to an activating group) is 1. The molecule has 18 heavy (non-hydrogen) atoms. The van der Waals surface area contributed by atoms with Crippen LogP contribution in [0.25, 0.3) is 0 Å². The van der Waals surface area contributed by atoms with Gasteiger partial charge in [0.1, 0.15) is 0 Å². The largest absolute Gasteiger partial charge is 0.389 e. The second-order valence-electron chi connectivity index (χ2n) is 5.19. The Labute approximate surface area is 107 Å². The average molecular weight is 257 g/mol. The van der Waals surface area contributed by atoms with Crippen LogP contribution in [-0.4, -0.2) is 35.2 Å². The fourth-order valence-electron chi connectivity index (χ4n) is 1.88. The summed E-state index contributed by atoms with van der Waals surface area (Å²) in [6.07, 6.45) is 0. The molecule has 4 heteroatoms. The van der Waals surface area contributed by atoms with Crippen LogP contribution in [0, 0.1) is 0 Å². The van der Waals surface area contributed by atoms with Crippen LogP contribution in [0.15, 0.2) is 30.3 Å². The highest BCUT2D eigenvalue weighted by atomic mass is 19.3. The monoisotopic (exact) mass is 257 g/mol. The molecule has 0 aliphatic carbocycles. The molecule has 0 saturated heterocycles. The molecule has 0 saturated carbocycles. The minimum Gasteiger partial charge on any atom is -0.389 e. The summed E-state index contributed by atoms with van der Waals surface area (Å²) in [5, 5.41) is 9.70. The van der Waals surface area contributed by atoms with E-state index in [1.165, 1.54) is 12.1 Å². The minimum atomic E-state index is -2.90. The van der Waals surface area contributed by atoms with Gasteiger partial charge in [-0.3, -0.25) is 4.90 Å². The molecule has 0 aliphatic rings. The van der Waals surface area contributed by atoms with Crippen molar-refractivity contribution in [2.45, 2.75) is 32.3 Å². The first-order chi connectivity index (χ1) is 8.24. The molecule has 0 radical (unpaired) electrons. The Morgan fingerprint density at radius 2 is 1.67 bits per heavy atom. The summed E-state index contributed by atoms with van der Waals surface area (Å²) in [7, 11) is 0. The van der Waals surface area contributed by atoms with Gasteiger partial charge in [-0.05, 0) is 20.4 Å². The smallest absolute Gasteiger partial charge is 0.285 e. The number of hydrogen-bond acceptors (Lipinski definition) is 2. The van der Waals surface area contributed by atoms with Gasteiger partial charge in [0, 0.05) is 12.1 Å². The first-order valence-electron chi connectivity index (χ1n) is 6.13. The lowest BCUT2D eigenvalue weighted by Crippen LogP contribution is -2.43. The molecule has 0 fully saturated rings. The molecule has 0 unspecified atom stereocenters. The van der Waals surface area contributed by atoms with E-state index in [2.05, 4.69) is 0 Å². The highest BCUT2D eigenvalue weighted by Gasteiger charge is 2.34. The highest BCUT2D eigenvalue weighted by Crippen LogP contribution is 2.29. The van der Waals surface area contributed by atoms with Crippen molar-refractivity contribution in [1.29, 1.82) is 0 Å². The number of nitrogens with zero attached hydrogens (tertiary/aromatic N) is 1. The second kappa shape index (κ2) is 5.76. The summed E-state index contributed by atoms with van der Waals surface area (Å²) in [6.45, 7) is 5.38. The molecule has 0 aromatic heterocycles. The van der Waals surface area contributed by atoms with Crippen LogP contribution in [0.5, 0.6) is 0 Å². The van der Waals surface area contributed by atoms with Crippen molar-refractivity contribution in [3.63, 3.8) is 0 Å². The van der Waals surface area contributed by atoms with Gasteiger partial charge in [-0.15, -0.1) is 0 Å². The summed E-state index contributed by atoms with van der Waals surface area (Å²) in [6, 6.07) is 7.79. The van der Waals surface area contributed by atoms with Gasteiger partial charge in [-0.1, -0.05) is 37.3 Å². The van der Waals surface area contributed by atoms with Crippen molar-refractivity contribution in [3.05, 3.63) is 35.9 Å². The quantitative estimate of drug-likeness (QED) is 0.847. The van der Waals surface area contributed by atoms with E-state index in [-0.39, 0.29) is 18.7 Å². The fraction of sp³-hybridized carbons (Fsp3) is 0.571. The van der Waals surface area contributed by atoms with Crippen LogP contribution in [0.1, 0.15) is 26.3 Å². The van der Waals surface area contributed by atoms with Crippen molar-refractivity contribution < 1.29 is 13.9 Å². The number of rotatable bonds is 6. The molecule has 1 aromatic rings. The van der Waals surface area contributed by atoms with E-state index in [0.29, 0.717) is 6.54 Å².